The van der Waals surface area contributed by atoms with Gasteiger partial charge in [-0.25, -0.2) is 0 Å². The number of aliphatic hydroxyl groups is 1. The van der Waals surface area contributed by atoms with E-state index in [1.165, 1.54) is 7.11 Å². The van der Waals surface area contributed by atoms with Crippen LogP contribution in [0.4, 0.5) is 0 Å². The van der Waals surface area contributed by atoms with Crippen LogP contribution in [0.5, 0.6) is 0 Å². The third-order valence-electron chi connectivity index (χ3n) is 4.03. The van der Waals surface area contributed by atoms with Crippen LogP contribution < -0.4 is 0 Å². The van der Waals surface area contributed by atoms with E-state index in [-0.39, 0.29) is 24.4 Å². The molecule has 2 saturated heterocycles. The van der Waals surface area contributed by atoms with E-state index >= 15 is 0 Å². The molecule has 0 spiro atoms. The number of amides is 1. The minimum absolute atomic E-state index is 0.0585. The van der Waals surface area contributed by atoms with Crippen LogP contribution in [0.25, 0.3) is 0 Å². The van der Waals surface area contributed by atoms with Crippen LogP contribution in [0.3, 0.4) is 0 Å². The SMILES string of the molecule is COC(=O)C1CCN(C(=O)CN2CC(CO)C2)CC1. The van der Waals surface area contributed by atoms with E-state index in [4.69, 9.17) is 9.84 Å². The molecular formula is C13H22N2O4. The summed E-state index contributed by atoms with van der Waals surface area (Å²) in [5.74, 6) is 0.232. The third kappa shape index (κ3) is 3.45. The van der Waals surface area contributed by atoms with E-state index in [0.717, 1.165) is 13.1 Å². The summed E-state index contributed by atoms with van der Waals surface area (Å²) in [4.78, 5) is 27.3. The molecule has 0 saturated carbocycles. The quantitative estimate of drug-likeness (QED) is 0.686. The predicted octanol–water partition coefficient (Wildman–Crippen LogP) is -0.678. The van der Waals surface area contributed by atoms with Crippen LogP contribution in [0.15, 0.2) is 0 Å². The fourth-order valence-electron chi connectivity index (χ4n) is 2.74. The van der Waals surface area contributed by atoms with E-state index in [0.29, 0.717) is 38.4 Å². The maximum atomic E-state index is 12.0. The normalized spacial score (nSPS) is 22.1. The average molecular weight is 270 g/mol. The molecule has 108 valence electrons. The number of ether oxygens (including phenoxy) is 1. The molecule has 0 unspecified atom stereocenters. The van der Waals surface area contributed by atoms with Gasteiger partial charge in [-0.05, 0) is 12.8 Å². The summed E-state index contributed by atoms with van der Waals surface area (Å²) >= 11 is 0. The number of piperidine rings is 1. The fraction of sp³-hybridized carbons (Fsp3) is 0.846. The molecule has 6 nitrogen and oxygen atoms in total. The third-order valence-corrected chi connectivity index (χ3v) is 4.03. The summed E-state index contributed by atoms with van der Waals surface area (Å²) in [6.07, 6.45) is 1.38. The van der Waals surface area contributed by atoms with Gasteiger partial charge < -0.3 is 14.7 Å². The summed E-state index contributed by atoms with van der Waals surface area (Å²) in [5, 5.41) is 8.93. The molecule has 0 bridgehead atoms. The van der Waals surface area contributed by atoms with Crippen molar-refractivity contribution in [3.8, 4) is 0 Å². The van der Waals surface area contributed by atoms with Crippen LogP contribution >= 0.6 is 0 Å². The molecule has 0 aromatic carbocycles. The largest absolute Gasteiger partial charge is 0.469 e. The summed E-state index contributed by atoms with van der Waals surface area (Å²) < 4.78 is 4.73. The molecule has 1 amide bonds. The standard InChI is InChI=1S/C13H22N2O4/c1-19-13(18)11-2-4-15(5-3-11)12(17)8-14-6-10(7-14)9-16/h10-11,16H,2-9H2,1H3. The lowest BCUT2D eigenvalue weighted by molar-refractivity contribution is -0.149. The Morgan fingerprint density at radius 2 is 1.89 bits per heavy atom. The first kappa shape index (κ1) is 14.3. The maximum absolute atomic E-state index is 12.0. The Labute approximate surface area is 113 Å². The number of hydrogen-bond acceptors (Lipinski definition) is 5. The molecule has 0 aliphatic carbocycles. The highest BCUT2D eigenvalue weighted by atomic mass is 16.5. The van der Waals surface area contributed by atoms with Crippen molar-refractivity contribution in [1.82, 2.24) is 9.80 Å². The molecule has 6 heteroatoms. The molecule has 2 rings (SSSR count). The van der Waals surface area contributed by atoms with Crippen molar-refractivity contribution in [3.63, 3.8) is 0 Å². The molecule has 0 aromatic rings. The average Bonchev–Trinajstić information content (AvgIpc) is 2.41. The van der Waals surface area contributed by atoms with Gasteiger partial charge in [0.25, 0.3) is 0 Å². The summed E-state index contributed by atoms with van der Waals surface area (Å²) in [7, 11) is 1.40. The van der Waals surface area contributed by atoms with Gasteiger partial charge >= 0.3 is 5.97 Å². The Balaban J connectivity index is 1.69. The molecule has 2 fully saturated rings. The molecule has 0 radical (unpaired) electrons. The summed E-state index contributed by atoms with van der Waals surface area (Å²) in [5.41, 5.74) is 0. The minimum Gasteiger partial charge on any atom is -0.469 e. The number of carbonyl (C=O) groups excluding carboxylic acids is 2. The van der Waals surface area contributed by atoms with Crippen molar-refractivity contribution in [3.05, 3.63) is 0 Å². The number of carbonyl (C=O) groups is 2. The van der Waals surface area contributed by atoms with Crippen molar-refractivity contribution in [2.45, 2.75) is 12.8 Å². The molecule has 0 atom stereocenters. The fourth-order valence-corrected chi connectivity index (χ4v) is 2.74. The monoisotopic (exact) mass is 270 g/mol. The zero-order valence-electron chi connectivity index (χ0n) is 11.4. The number of methoxy groups -OCH3 is 1. The van der Waals surface area contributed by atoms with Gasteiger partial charge in [0.15, 0.2) is 0 Å². The lowest BCUT2D eigenvalue weighted by Crippen LogP contribution is -2.53. The van der Waals surface area contributed by atoms with Gasteiger partial charge in [0.2, 0.25) is 5.91 Å². The molecular weight excluding hydrogens is 248 g/mol. The highest BCUT2D eigenvalue weighted by Gasteiger charge is 2.31. The second kappa shape index (κ2) is 6.34. The van der Waals surface area contributed by atoms with Crippen molar-refractivity contribution in [2.75, 3.05) is 46.4 Å². The highest BCUT2D eigenvalue weighted by Crippen LogP contribution is 2.20. The Hall–Kier alpha value is -1.14. The Morgan fingerprint density at radius 1 is 1.26 bits per heavy atom. The topological polar surface area (TPSA) is 70.1 Å². The van der Waals surface area contributed by atoms with Crippen LogP contribution in [0.2, 0.25) is 0 Å². The van der Waals surface area contributed by atoms with Crippen LogP contribution in [-0.4, -0.2) is 73.2 Å². The van der Waals surface area contributed by atoms with E-state index in [1.807, 2.05) is 4.90 Å². The maximum Gasteiger partial charge on any atom is 0.308 e. The lowest BCUT2D eigenvalue weighted by atomic mass is 9.96. The minimum atomic E-state index is -0.166. The van der Waals surface area contributed by atoms with Gasteiger partial charge in [0.1, 0.15) is 0 Å². The number of nitrogens with zero attached hydrogens (tertiary/aromatic N) is 2. The second-order valence-corrected chi connectivity index (χ2v) is 5.42. The number of rotatable bonds is 4. The first-order valence-electron chi connectivity index (χ1n) is 6.83. The number of hydrogen-bond donors (Lipinski definition) is 1. The van der Waals surface area contributed by atoms with Crippen LogP contribution in [0.1, 0.15) is 12.8 Å². The summed E-state index contributed by atoms with van der Waals surface area (Å²) in [6, 6.07) is 0. The first-order chi connectivity index (χ1) is 9.13. The van der Waals surface area contributed by atoms with Crippen molar-refractivity contribution < 1.29 is 19.4 Å². The van der Waals surface area contributed by atoms with Gasteiger partial charge in [-0.2, -0.15) is 0 Å². The van der Waals surface area contributed by atoms with Gasteiger partial charge in [-0.1, -0.05) is 0 Å². The smallest absolute Gasteiger partial charge is 0.308 e. The van der Waals surface area contributed by atoms with Gasteiger partial charge in [-0.15, -0.1) is 0 Å². The van der Waals surface area contributed by atoms with E-state index in [9.17, 15) is 9.59 Å². The van der Waals surface area contributed by atoms with Crippen LogP contribution in [-0.2, 0) is 14.3 Å². The first-order valence-corrected chi connectivity index (χ1v) is 6.83. The van der Waals surface area contributed by atoms with Crippen LogP contribution in [0, 0.1) is 11.8 Å². The Bertz CT molecular complexity index is 334. The van der Waals surface area contributed by atoms with Gasteiger partial charge in [0, 0.05) is 38.7 Å². The number of likely N-dealkylation sites (tertiary alicyclic amines) is 2. The van der Waals surface area contributed by atoms with E-state index < -0.39 is 0 Å². The van der Waals surface area contributed by atoms with Crippen molar-refractivity contribution >= 4 is 11.9 Å². The molecule has 0 aromatic heterocycles. The van der Waals surface area contributed by atoms with Crippen molar-refractivity contribution in [1.29, 1.82) is 0 Å². The molecule has 2 heterocycles. The second-order valence-electron chi connectivity index (χ2n) is 5.42. The number of esters is 1. The zero-order valence-corrected chi connectivity index (χ0v) is 11.4. The lowest BCUT2D eigenvalue weighted by Gasteiger charge is -2.39. The summed E-state index contributed by atoms with van der Waals surface area (Å²) in [6.45, 7) is 3.52. The van der Waals surface area contributed by atoms with E-state index in [1.54, 1.807) is 0 Å². The van der Waals surface area contributed by atoms with Gasteiger partial charge in [0.05, 0.1) is 19.6 Å². The van der Waals surface area contributed by atoms with E-state index in [2.05, 4.69) is 4.90 Å². The predicted molar refractivity (Wildman–Crippen MR) is 68.3 cm³/mol. The Kier molecular flexibility index (Phi) is 4.76. The van der Waals surface area contributed by atoms with Gasteiger partial charge in [-0.3, -0.25) is 14.5 Å². The zero-order chi connectivity index (χ0) is 13.8. The van der Waals surface area contributed by atoms with Crippen molar-refractivity contribution in [2.24, 2.45) is 11.8 Å². The molecule has 19 heavy (non-hydrogen) atoms. The molecule has 2 aliphatic rings. The molecule has 1 N–H and O–H groups in total. The number of aliphatic hydroxyl groups excluding tert-OH is 1. The highest BCUT2D eigenvalue weighted by molar-refractivity contribution is 5.79. The molecule has 2 aliphatic heterocycles. The Morgan fingerprint density at radius 3 is 2.42 bits per heavy atom.